The average Bonchev–Trinajstić information content (AvgIpc) is 2.65. The standard InChI is InChI=1S/C21H28BrNSe/c1-3-21(4-2,23-16-18-11-7-5-8-12-18)15-19(22)17-24-20-13-9-6-10-14-20/h5-14,19,23H,3-4,15-17H2,1-2H3. The molecule has 0 saturated heterocycles. The summed E-state index contributed by atoms with van der Waals surface area (Å²) in [6.45, 7) is 5.57. The number of benzene rings is 2. The van der Waals surface area contributed by atoms with Crippen molar-refractivity contribution in [1.29, 1.82) is 0 Å². The summed E-state index contributed by atoms with van der Waals surface area (Å²) in [4.78, 5) is 0.570. The number of halogens is 1. The van der Waals surface area contributed by atoms with Crippen molar-refractivity contribution < 1.29 is 0 Å². The van der Waals surface area contributed by atoms with Crippen LogP contribution in [-0.2, 0) is 6.54 Å². The van der Waals surface area contributed by atoms with Gasteiger partial charge in [-0.1, -0.05) is 0 Å². The third-order valence-electron chi connectivity index (χ3n) is 4.65. The van der Waals surface area contributed by atoms with Crippen molar-refractivity contribution in [3.8, 4) is 0 Å². The molecule has 1 N–H and O–H groups in total. The van der Waals surface area contributed by atoms with Crippen LogP contribution in [0.25, 0.3) is 0 Å². The van der Waals surface area contributed by atoms with Crippen molar-refractivity contribution >= 4 is 35.3 Å². The van der Waals surface area contributed by atoms with Crippen LogP contribution in [0.4, 0.5) is 0 Å². The van der Waals surface area contributed by atoms with Gasteiger partial charge < -0.3 is 0 Å². The van der Waals surface area contributed by atoms with Gasteiger partial charge >= 0.3 is 162 Å². The van der Waals surface area contributed by atoms with Gasteiger partial charge in [-0.2, -0.15) is 0 Å². The second-order valence-corrected chi connectivity index (χ2v) is 9.84. The third kappa shape index (κ3) is 6.37. The van der Waals surface area contributed by atoms with Crippen molar-refractivity contribution in [3.63, 3.8) is 0 Å². The van der Waals surface area contributed by atoms with Crippen LogP contribution in [0.2, 0.25) is 5.32 Å². The molecule has 0 fully saturated rings. The number of hydrogen-bond donors (Lipinski definition) is 1. The van der Waals surface area contributed by atoms with E-state index in [1.54, 1.807) is 0 Å². The first-order valence-corrected chi connectivity index (χ1v) is 11.8. The number of alkyl halides is 1. The fourth-order valence-corrected chi connectivity index (χ4v) is 6.00. The molecule has 0 aliphatic heterocycles. The van der Waals surface area contributed by atoms with Crippen molar-refractivity contribution in [2.24, 2.45) is 0 Å². The zero-order valence-electron chi connectivity index (χ0n) is 14.7. The Morgan fingerprint density at radius 3 is 2.12 bits per heavy atom. The fraction of sp³-hybridized carbons (Fsp3) is 0.429. The van der Waals surface area contributed by atoms with Crippen LogP contribution in [-0.4, -0.2) is 25.3 Å². The topological polar surface area (TPSA) is 12.0 Å². The van der Waals surface area contributed by atoms with Gasteiger partial charge in [0.2, 0.25) is 0 Å². The Morgan fingerprint density at radius 2 is 1.54 bits per heavy atom. The Hall–Kier alpha value is -0.601. The van der Waals surface area contributed by atoms with Crippen LogP contribution >= 0.6 is 15.9 Å². The molecular formula is C21H28BrNSe. The van der Waals surface area contributed by atoms with Crippen molar-refractivity contribution in [3.05, 3.63) is 66.2 Å². The molecule has 0 radical (unpaired) electrons. The van der Waals surface area contributed by atoms with Gasteiger partial charge in [0.05, 0.1) is 0 Å². The van der Waals surface area contributed by atoms with Crippen LogP contribution in [0.3, 0.4) is 0 Å². The molecule has 2 rings (SSSR count). The molecule has 2 aromatic rings. The average molecular weight is 453 g/mol. The predicted octanol–water partition coefficient (Wildman–Crippen LogP) is 4.94. The summed E-state index contributed by atoms with van der Waals surface area (Å²) in [5.74, 6) is 0. The fourth-order valence-electron chi connectivity index (χ4n) is 2.93. The van der Waals surface area contributed by atoms with E-state index in [4.69, 9.17) is 0 Å². The number of hydrogen-bond acceptors (Lipinski definition) is 1. The molecular weight excluding hydrogens is 425 g/mol. The first kappa shape index (κ1) is 19.7. The molecule has 0 spiro atoms. The quantitative estimate of drug-likeness (QED) is 0.397. The molecule has 1 nitrogen and oxygen atoms in total. The van der Waals surface area contributed by atoms with Gasteiger partial charge in [-0.3, -0.25) is 0 Å². The Balaban J connectivity index is 1.88. The summed E-state index contributed by atoms with van der Waals surface area (Å²) >= 11 is 4.50. The Kier molecular flexibility index (Phi) is 8.55. The Bertz CT molecular complexity index is 569. The van der Waals surface area contributed by atoms with E-state index in [2.05, 4.69) is 95.8 Å². The van der Waals surface area contributed by atoms with Crippen molar-refractivity contribution in [2.75, 3.05) is 0 Å². The minimum absolute atomic E-state index is 0.219. The normalized spacial score (nSPS) is 13.0. The molecule has 2 aromatic carbocycles. The zero-order valence-corrected chi connectivity index (χ0v) is 18.0. The Labute approximate surface area is 161 Å². The predicted molar refractivity (Wildman–Crippen MR) is 111 cm³/mol. The molecule has 0 amide bonds. The number of rotatable bonds is 10. The minimum atomic E-state index is 0.219. The zero-order chi connectivity index (χ0) is 17.3. The SMILES string of the molecule is CCC(CC)(CC(Br)C[Se]c1ccccc1)NCc1ccccc1. The van der Waals surface area contributed by atoms with Crippen LogP contribution in [0.15, 0.2) is 60.7 Å². The molecule has 24 heavy (non-hydrogen) atoms. The summed E-state index contributed by atoms with van der Waals surface area (Å²) in [7, 11) is 0. The molecule has 0 aliphatic rings. The van der Waals surface area contributed by atoms with Gasteiger partial charge in [0.15, 0.2) is 0 Å². The summed E-state index contributed by atoms with van der Waals surface area (Å²) in [5, 5.41) is 5.10. The number of nitrogens with one attached hydrogen (secondary N) is 1. The van der Waals surface area contributed by atoms with Crippen LogP contribution < -0.4 is 9.78 Å². The van der Waals surface area contributed by atoms with E-state index < -0.39 is 0 Å². The van der Waals surface area contributed by atoms with Gasteiger partial charge in [-0.15, -0.1) is 0 Å². The summed E-state index contributed by atoms with van der Waals surface area (Å²) < 4.78 is 1.49. The molecule has 130 valence electrons. The van der Waals surface area contributed by atoms with E-state index in [0.29, 0.717) is 19.8 Å². The summed E-state index contributed by atoms with van der Waals surface area (Å²) in [6, 6.07) is 21.6. The first-order valence-electron chi connectivity index (χ1n) is 8.78. The van der Waals surface area contributed by atoms with Gasteiger partial charge in [0.25, 0.3) is 0 Å². The molecule has 1 atom stereocenters. The van der Waals surface area contributed by atoms with E-state index in [1.807, 2.05) is 0 Å². The molecule has 0 aromatic heterocycles. The van der Waals surface area contributed by atoms with E-state index in [0.717, 1.165) is 19.4 Å². The van der Waals surface area contributed by atoms with Crippen LogP contribution in [0, 0.1) is 0 Å². The first-order chi connectivity index (χ1) is 11.7. The maximum absolute atomic E-state index is 3.95. The van der Waals surface area contributed by atoms with Gasteiger partial charge in [-0.25, -0.2) is 0 Å². The van der Waals surface area contributed by atoms with Gasteiger partial charge in [0, 0.05) is 0 Å². The summed E-state index contributed by atoms with van der Waals surface area (Å²) in [6.07, 6.45) is 3.51. The van der Waals surface area contributed by atoms with E-state index in [1.165, 1.54) is 21.8 Å². The van der Waals surface area contributed by atoms with Gasteiger partial charge in [-0.05, 0) is 0 Å². The second-order valence-electron chi connectivity index (χ2n) is 6.25. The molecule has 0 heterocycles. The molecule has 0 saturated carbocycles. The second kappa shape index (κ2) is 10.4. The Morgan fingerprint density at radius 1 is 0.958 bits per heavy atom. The monoisotopic (exact) mass is 453 g/mol. The third-order valence-corrected chi connectivity index (χ3v) is 8.73. The molecule has 3 heteroatoms. The molecule has 0 aliphatic carbocycles. The van der Waals surface area contributed by atoms with E-state index in [9.17, 15) is 0 Å². The van der Waals surface area contributed by atoms with Crippen LogP contribution in [0.1, 0.15) is 38.7 Å². The van der Waals surface area contributed by atoms with Crippen LogP contribution in [0.5, 0.6) is 0 Å². The maximum atomic E-state index is 3.95. The van der Waals surface area contributed by atoms with E-state index >= 15 is 0 Å². The summed E-state index contributed by atoms with van der Waals surface area (Å²) in [5.41, 5.74) is 1.58. The van der Waals surface area contributed by atoms with Crippen molar-refractivity contribution in [1.82, 2.24) is 5.32 Å². The van der Waals surface area contributed by atoms with Gasteiger partial charge in [0.1, 0.15) is 0 Å². The molecule has 0 bridgehead atoms. The van der Waals surface area contributed by atoms with Crippen molar-refractivity contribution in [2.45, 2.75) is 55.3 Å². The van der Waals surface area contributed by atoms with E-state index in [-0.39, 0.29) is 5.54 Å². The molecule has 1 unspecified atom stereocenters.